The van der Waals surface area contributed by atoms with Crippen molar-refractivity contribution >= 4 is 16.8 Å². The van der Waals surface area contributed by atoms with Gasteiger partial charge in [-0.1, -0.05) is 12.0 Å². The van der Waals surface area contributed by atoms with Crippen LogP contribution in [0.15, 0.2) is 24.3 Å². The maximum Gasteiger partial charge on any atom is 0.296 e. The molecule has 2 aromatic rings. The number of fused-ring (bicyclic) bond motifs is 1. The smallest absolute Gasteiger partial charge is 0.296 e. The molecule has 1 aromatic heterocycles. The number of carbonyl (C=O) groups is 1. The van der Waals surface area contributed by atoms with Crippen molar-refractivity contribution in [1.82, 2.24) is 9.88 Å². The van der Waals surface area contributed by atoms with Crippen molar-refractivity contribution < 1.29 is 4.79 Å². The number of nitrogens with one attached hydrogen (secondary N) is 1. The van der Waals surface area contributed by atoms with Gasteiger partial charge in [0.25, 0.3) is 5.91 Å². The number of carbonyl (C=O) groups excluding carboxylic acids is 1. The molecule has 0 atom stereocenters. The highest BCUT2D eigenvalue weighted by atomic mass is 16.1. The highest BCUT2D eigenvalue weighted by Crippen LogP contribution is 2.19. The molecule has 0 saturated carbocycles. The van der Waals surface area contributed by atoms with E-state index in [4.69, 9.17) is 0 Å². The van der Waals surface area contributed by atoms with Crippen LogP contribution < -0.4 is 5.32 Å². The summed E-state index contributed by atoms with van der Waals surface area (Å²) < 4.78 is 2.15. The summed E-state index contributed by atoms with van der Waals surface area (Å²) >= 11 is 0. The van der Waals surface area contributed by atoms with Gasteiger partial charge in [-0.05, 0) is 43.5 Å². The summed E-state index contributed by atoms with van der Waals surface area (Å²) in [6.45, 7) is 4.24. The zero-order valence-electron chi connectivity index (χ0n) is 10.9. The molecule has 1 amide bonds. The molecular weight excluding hydrogens is 224 g/mol. The van der Waals surface area contributed by atoms with E-state index in [2.05, 4.69) is 53.9 Å². The molecule has 0 aliphatic carbocycles. The molecule has 3 nitrogen and oxygen atoms in total. The van der Waals surface area contributed by atoms with E-state index < -0.39 is 0 Å². The van der Waals surface area contributed by atoms with Crippen LogP contribution in [-0.4, -0.2) is 10.5 Å². The van der Waals surface area contributed by atoms with E-state index in [1.165, 1.54) is 16.6 Å². The fraction of sp³-hybridized carbons (Fsp3) is 0.267. The molecule has 0 spiro atoms. The molecule has 0 aliphatic heterocycles. The molecule has 0 radical (unpaired) electrons. The van der Waals surface area contributed by atoms with Crippen LogP contribution in [0.25, 0.3) is 10.9 Å². The first kappa shape index (κ1) is 12.3. The number of nitrogens with zero attached hydrogens (tertiary/aromatic N) is 1. The molecule has 1 heterocycles. The topological polar surface area (TPSA) is 34.0 Å². The number of aryl methyl sites for hydroxylation is 2. The van der Waals surface area contributed by atoms with Crippen molar-refractivity contribution in [3.63, 3.8) is 0 Å². The van der Waals surface area contributed by atoms with Crippen LogP contribution in [0.4, 0.5) is 0 Å². The van der Waals surface area contributed by atoms with Gasteiger partial charge in [0.2, 0.25) is 0 Å². The Balaban J connectivity index is 2.19. The van der Waals surface area contributed by atoms with Gasteiger partial charge in [-0.3, -0.25) is 4.79 Å². The number of hydrogen-bond acceptors (Lipinski definition) is 1. The Morgan fingerprint density at radius 1 is 1.39 bits per heavy atom. The lowest BCUT2D eigenvalue weighted by Crippen LogP contribution is -2.20. The number of aromatic nitrogens is 1. The van der Waals surface area contributed by atoms with Crippen LogP contribution in [0.5, 0.6) is 0 Å². The van der Waals surface area contributed by atoms with Gasteiger partial charge in [0.05, 0.1) is 0 Å². The Hall–Kier alpha value is -2.21. The van der Waals surface area contributed by atoms with E-state index in [-0.39, 0.29) is 5.91 Å². The van der Waals surface area contributed by atoms with Crippen LogP contribution >= 0.6 is 0 Å². The predicted molar refractivity (Wildman–Crippen MR) is 73.0 cm³/mol. The Bertz CT molecular complexity index is 656. The zero-order chi connectivity index (χ0) is 13.1. The second kappa shape index (κ2) is 4.97. The van der Waals surface area contributed by atoms with Gasteiger partial charge in [0, 0.05) is 30.2 Å². The summed E-state index contributed by atoms with van der Waals surface area (Å²) in [7, 11) is 2.05. The maximum atomic E-state index is 11.2. The molecule has 0 saturated heterocycles. The number of benzene rings is 1. The molecule has 1 aromatic carbocycles. The van der Waals surface area contributed by atoms with Crippen LogP contribution in [0.3, 0.4) is 0 Å². The first-order valence-electron chi connectivity index (χ1n) is 5.87. The Morgan fingerprint density at radius 2 is 2.17 bits per heavy atom. The first-order chi connectivity index (χ1) is 8.61. The monoisotopic (exact) mass is 240 g/mol. The highest BCUT2D eigenvalue weighted by Gasteiger charge is 2.03. The lowest BCUT2D eigenvalue weighted by Gasteiger charge is -2.03. The lowest BCUT2D eigenvalue weighted by atomic mass is 10.1. The minimum absolute atomic E-state index is 0.234. The highest BCUT2D eigenvalue weighted by molar-refractivity contribution is 5.93. The van der Waals surface area contributed by atoms with Crippen molar-refractivity contribution in [3.05, 3.63) is 35.5 Å². The Labute approximate surface area is 107 Å². The van der Waals surface area contributed by atoms with Crippen LogP contribution in [0.2, 0.25) is 0 Å². The van der Waals surface area contributed by atoms with Crippen molar-refractivity contribution in [2.24, 2.45) is 7.05 Å². The second-order valence-electron chi connectivity index (χ2n) is 4.30. The predicted octanol–water partition coefficient (Wildman–Crippen LogP) is 2.13. The molecule has 92 valence electrons. The molecule has 1 N–H and O–H groups in total. The molecule has 0 aliphatic rings. The van der Waals surface area contributed by atoms with Crippen LogP contribution in [-0.2, 0) is 18.4 Å². The van der Waals surface area contributed by atoms with E-state index >= 15 is 0 Å². The van der Waals surface area contributed by atoms with Crippen molar-refractivity contribution in [2.45, 2.75) is 20.4 Å². The summed E-state index contributed by atoms with van der Waals surface area (Å²) in [6, 6.07) is 8.35. The summed E-state index contributed by atoms with van der Waals surface area (Å²) in [5.74, 6) is 4.81. The molecule has 3 heteroatoms. The third-order valence-corrected chi connectivity index (χ3v) is 3.04. The van der Waals surface area contributed by atoms with Gasteiger partial charge >= 0.3 is 0 Å². The van der Waals surface area contributed by atoms with E-state index in [9.17, 15) is 4.79 Å². The van der Waals surface area contributed by atoms with E-state index in [1.54, 1.807) is 6.92 Å². The van der Waals surface area contributed by atoms with E-state index in [0.29, 0.717) is 6.54 Å². The molecule has 0 bridgehead atoms. The largest absolute Gasteiger partial charge is 0.348 e. The number of rotatable bonds is 2. The standard InChI is InChI=1S/C15H16N2O/c1-4-5-15(18)16-10-12-6-7-14-13(9-12)8-11(2)17(14)3/h6-9H,10H2,1-3H3,(H,16,18). The summed E-state index contributed by atoms with van der Waals surface area (Å²) in [5.41, 5.74) is 3.51. The third kappa shape index (κ3) is 2.38. The fourth-order valence-electron chi connectivity index (χ4n) is 1.99. The second-order valence-corrected chi connectivity index (χ2v) is 4.30. The Kier molecular flexibility index (Phi) is 3.38. The molecule has 18 heavy (non-hydrogen) atoms. The van der Waals surface area contributed by atoms with Crippen molar-refractivity contribution in [3.8, 4) is 11.8 Å². The quantitative estimate of drug-likeness (QED) is 0.802. The van der Waals surface area contributed by atoms with Crippen LogP contribution in [0, 0.1) is 18.8 Å². The summed E-state index contributed by atoms with van der Waals surface area (Å²) in [6.07, 6.45) is 0. The maximum absolute atomic E-state index is 11.2. The zero-order valence-corrected chi connectivity index (χ0v) is 10.9. The lowest BCUT2D eigenvalue weighted by molar-refractivity contribution is -0.115. The molecule has 0 unspecified atom stereocenters. The van der Waals surface area contributed by atoms with Crippen molar-refractivity contribution in [2.75, 3.05) is 0 Å². The minimum Gasteiger partial charge on any atom is -0.348 e. The van der Waals surface area contributed by atoms with Crippen LogP contribution in [0.1, 0.15) is 18.2 Å². The van der Waals surface area contributed by atoms with Gasteiger partial charge in [0.15, 0.2) is 0 Å². The van der Waals surface area contributed by atoms with Gasteiger partial charge in [-0.2, -0.15) is 0 Å². The number of amides is 1. The minimum atomic E-state index is -0.234. The third-order valence-electron chi connectivity index (χ3n) is 3.04. The molecule has 0 fully saturated rings. The normalized spacial score (nSPS) is 9.94. The van der Waals surface area contributed by atoms with E-state index in [0.717, 1.165) is 5.56 Å². The Morgan fingerprint density at radius 3 is 2.89 bits per heavy atom. The first-order valence-corrected chi connectivity index (χ1v) is 5.87. The molecular formula is C15H16N2O. The SMILES string of the molecule is CC#CC(=O)NCc1ccc2c(c1)cc(C)n2C. The van der Waals surface area contributed by atoms with Gasteiger partial charge < -0.3 is 9.88 Å². The van der Waals surface area contributed by atoms with Crippen molar-refractivity contribution in [1.29, 1.82) is 0 Å². The average molecular weight is 240 g/mol. The summed E-state index contributed by atoms with van der Waals surface area (Å²) in [5, 5.41) is 3.96. The van der Waals surface area contributed by atoms with Gasteiger partial charge in [-0.15, -0.1) is 0 Å². The summed E-state index contributed by atoms with van der Waals surface area (Å²) in [4.78, 5) is 11.2. The average Bonchev–Trinajstić information content (AvgIpc) is 2.63. The molecule has 2 rings (SSSR count). The van der Waals surface area contributed by atoms with Gasteiger partial charge in [-0.25, -0.2) is 0 Å². The van der Waals surface area contributed by atoms with Gasteiger partial charge in [0.1, 0.15) is 0 Å². The number of hydrogen-bond donors (Lipinski definition) is 1. The fourth-order valence-corrected chi connectivity index (χ4v) is 1.99. The van der Waals surface area contributed by atoms with E-state index in [1.807, 2.05) is 6.07 Å².